The lowest BCUT2D eigenvalue weighted by Gasteiger charge is -2.29. The number of nitrogens with one attached hydrogen (secondary N) is 1. The summed E-state index contributed by atoms with van der Waals surface area (Å²) in [6.45, 7) is -0.504. The summed E-state index contributed by atoms with van der Waals surface area (Å²) in [4.78, 5) is 0. The first-order chi connectivity index (χ1) is 6.64. The molecule has 0 aromatic rings. The molecule has 5 nitrogen and oxygen atoms in total. The Morgan fingerprint density at radius 2 is 1.60 bits per heavy atom. The maximum absolute atomic E-state index is 12.0. The number of aliphatic hydroxyl groups is 2. The third-order valence-electron chi connectivity index (χ3n) is 1.94. The molecule has 0 atom stereocenters. The van der Waals surface area contributed by atoms with E-state index in [2.05, 4.69) is 0 Å². The van der Waals surface area contributed by atoms with Crippen molar-refractivity contribution in [3.8, 4) is 0 Å². The minimum Gasteiger partial charge on any atom is -0.394 e. The molecule has 0 aliphatic carbocycles. The van der Waals surface area contributed by atoms with Crippen LogP contribution in [-0.4, -0.2) is 42.9 Å². The van der Waals surface area contributed by atoms with E-state index in [4.69, 9.17) is 10.2 Å². The molecule has 0 saturated carbocycles. The second kappa shape index (κ2) is 4.64. The van der Waals surface area contributed by atoms with Crippen molar-refractivity contribution in [2.45, 2.75) is 24.4 Å². The fourth-order valence-corrected chi connectivity index (χ4v) is 1.71. The minimum absolute atomic E-state index is 0.171. The Bertz CT molecular complexity index is 288. The van der Waals surface area contributed by atoms with Crippen LogP contribution in [0.4, 0.5) is 13.2 Å². The van der Waals surface area contributed by atoms with Crippen LogP contribution in [0.25, 0.3) is 0 Å². The highest BCUT2D eigenvalue weighted by atomic mass is 32.2. The quantitative estimate of drug-likeness (QED) is 0.618. The lowest BCUT2D eigenvalue weighted by atomic mass is 10.0. The first-order valence-electron chi connectivity index (χ1n) is 3.96. The van der Waals surface area contributed by atoms with E-state index in [-0.39, 0.29) is 6.42 Å². The van der Waals surface area contributed by atoms with E-state index in [1.54, 1.807) is 0 Å². The van der Waals surface area contributed by atoms with Gasteiger partial charge in [0.25, 0.3) is 0 Å². The van der Waals surface area contributed by atoms with Crippen molar-refractivity contribution in [2.75, 3.05) is 13.2 Å². The Balaban J connectivity index is 5.00. The molecule has 9 heteroatoms. The van der Waals surface area contributed by atoms with Gasteiger partial charge in [0.05, 0.1) is 18.8 Å². The maximum Gasteiger partial charge on any atom is 0.511 e. The van der Waals surface area contributed by atoms with Gasteiger partial charge in [0, 0.05) is 0 Å². The van der Waals surface area contributed by atoms with Gasteiger partial charge in [-0.3, -0.25) is 0 Å². The smallest absolute Gasteiger partial charge is 0.394 e. The van der Waals surface area contributed by atoms with Gasteiger partial charge in [-0.25, -0.2) is 8.42 Å². The van der Waals surface area contributed by atoms with Crippen LogP contribution in [0.15, 0.2) is 0 Å². The van der Waals surface area contributed by atoms with Gasteiger partial charge in [-0.15, -0.1) is 0 Å². The molecular formula is C6H12F3NO4S. The zero-order valence-electron chi connectivity index (χ0n) is 7.87. The Labute approximate surface area is 85.0 Å². The number of aliphatic hydroxyl groups excluding tert-OH is 2. The van der Waals surface area contributed by atoms with E-state index in [0.29, 0.717) is 0 Å². The van der Waals surface area contributed by atoms with Crippen molar-refractivity contribution >= 4 is 10.0 Å². The van der Waals surface area contributed by atoms with Crippen molar-refractivity contribution in [1.82, 2.24) is 4.72 Å². The van der Waals surface area contributed by atoms with E-state index in [9.17, 15) is 21.6 Å². The predicted octanol–water partition coefficient (Wildman–Crippen LogP) is -0.441. The third kappa shape index (κ3) is 3.30. The number of hydrogen-bond acceptors (Lipinski definition) is 4. The van der Waals surface area contributed by atoms with Crippen molar-refractivity contribution in [3.05, 3.63) is 0 Å². The average molecular weight is 251 g/mol. The van der Waals surface area contributed by atoms with Crippen molar-refractivity contribution in [2.24, 2.45) is 0 Å². The molecule has 0 saturated heterocycles. The molecule has 0 fully saturated rings. The second-order valence-corrected chi connectivity index (χ2v) is 4.68. The fourth-order valence-electron chi connectivity index (χ4n) is 0.753. The zero-order valence-corrected chi connectivity index (χ0v) is 8.69. The van der Waals surface area contributed by atoms with Crippen LogP contribution in [0, 0.1) is 0 Å². The standard InChI is InChI=1S/C6H12F3NO4S/c1-2-5(3-11,4-12)10-15(13,14)6(7,8)9/h10-12H,2-4H2,1H3. The summed E-state index contributed by atoms with van der Waals surface area (Å²) < 4.78 is 58.5. The van der Waals surface area contributed by atoms with Gasteiger partial charge in [0.1, 0.15) is 0 Å². The van der Waals surface area contributed by atoms with Crippen molar-refractivity contribution in [3.63, 3.8) is 0 Å². The molecule has 15 heavy (non-hydrogen) atoms. The highest BCUT2D eigenvalue weighted by molar-refractivity contribution is 7.90. The molecule has 0 aromatic heterocycles. The Morgan fingerprint density at radius 1 is 1.20 bits per heavy atom. The number of alkyl halides is 3. The van der Waals surface area contributed by atoms with Crippen LogP contribution in [0.2, 0.25) is 0 Å². The topological polar surface area (TPSA) is 86.6 Å². The molecule has 0 heterocycles. The van der Waals surface area contributed by atoms with Gasteiger partial charge in [-0.05, 0) is 6.42 Å². The second-order valence-electron chi connectivity index (χ2n) is 3.00. The van der Waals surface area contributed by atoms with Gasteiger partial charge < -0.3 is 10.2 Å². The van der Waals surface area contributed by atoms with Gasteiger partial charge in [-0.2, -0.15) is 17.9 Å². The molecular weight excluding hydrogens is 239 g/mol. The maximum atomic E-state index is 12.0. The molecule has 0 spiro atoms. The summed E-state index contributed by atoms with van der Waals surface area (Å²) in [5.74, 6) is 0. The number of halogens is 3. The summed E-state index contributed by atoms with van der Waals surface area (Å²) in [6, 6.07) is 0. The van der Waals surface area contributed by atoms with E-state index >= 15 is 0 Å². The van der Waals surface area contributed by atoms with Gasteiger partial charge in [0.15, 0.2) is 0 Å². The molecule has 0 unspecified atom stereocenters. The van der Waals surface area contributed by atoms with Crippen LogP contribution in [0.5, 0.6) is 0 Å². The molecule has 0 amide bonds. The minimum atomic E-state index is -5.56. The summed E-state index contributed by atoms with van der Waals surface area (Å²) in [5, 5.41) is 17.5. The monoisotopic (exact) mass is 251 g/mol. The van der Waals surface area contributed by atoms with E-state index < -0.39 is 34.3 Å². The van der Waals surface area contributed by atoms with Crippen molar-refractivity contribution < 1.29 is 31.8 Å². The van der Waals surface area contributed by atoms with Gasteiger partial charge in [0.2, 0.25) is 0 Å². The van der Waals surface area contributed by atoms with Crippen LogP contribution < -0.4 is 4.72 Å². The lowest BCUT2D eigenvalue weighted by molar-refractivity contribution is -0.0466. The van der Waals surface area contributed by atoms with Crippen molar-refractivity contribution in [1.29, 1.82) is 0 Å². The lowest BCUT2D eigenvalue weighted by Crippen LogP contribution is -2.56. The van der Waals surface area contributed by atoms with E-state index in [1.165, 1.54) is 11.6 Å². The Kier molecular flexibility index (Phi) is 4.52. The molecule has 3 N–H and O–H groups in total. The normalized spacial score (nSPS) is 14.3. The summed E-state index contributed by atoms with van der Waals surface area (Å²) >= 11 is 0. The van der Waals surface area contributed by atoms with Gasteiger partial charge >= 0.3 is 15.5 Å². The summed E-state index contributed by atoms with van der Waals surface area (Å²) in [7, 11) is -5.56. The van der Waals surface area contributed by atoms with Crippen LogP contribution in [-0.2, 0) is 10.0 Å². The van der Waals surface area contributed by atoms with Crippen LogP contribution in [0.3, 0.4) is 0 Å². The first-order valence-corrected chi connectivity index (χ1v) is 5.44. The van der Waals surface area contributed by atoms with Crippen LogP contribution >= 0.6 is 0 Å². The largest absolute Gasteiger partial charge is 0.511 e. The highest BCUT2D eigenvalue weighted by Crippen LogP contribution is 2.24. The van der Waals surface area contributed by atoms with Gasteiger partial charge in [-0.1, -0.05) is 6.92 Å². The number of rotatable bonds is 5. The highest BCUT2D eigenvalue weighted by Gasteiger charge is 2.49. The molecule has 0 aromatic carbocycles. The number of sulfonamides is 1. The third-order valence-corrected chi connectivity index (χ3v) is 3.25. The first kappa shape index (κ1) is 14.6. The van der Waals surface area contributed by atoms with E-state index in [1.807, 2.05) is 0 Å². The Morgan fingerprint density at radius 3 is 1.80 bits per heavy atom. The summed E-state index contributed by atoms with van der Waals surface area (Å²) in [5.41, 5.74) is -7.34. The fraction of sp³-hybridized carbons (Fsp3) is 1.00. The summed E-state index contributed by atoms with van der Waals surface area (Å²) in [6.07, 6.45) is -0.171. The molecule has 0 bridgehead atoms. The average Bonchev–Trinajstić information content (AvgIpc) is 2.12. The van der Waals surface area contributed by atoms with Crippen LogP contribution in [0.1, 0.15) is 13.3 Å². The molecule has 0 aliphatic rings. The van der Waals surface area contributed by atoms with E-state index in [0.717, 1.165) is 0 Å². The molecule has 0 aliphatic heterocycles. The molecule has 0 radical (unpaired) electrons. The Hall–Kier alpha value is -0.380. The number of hydrogen-bond donors (Lipinski definition) is 3. The molecule has 92 valence electrons. The predicted molar refractivity (Wildman–Crippen MR) is 45.3 cm³/mol. The SMILES string of the molecule is CCC(CO)(CO)NS(=O)(=O)C(F)(F)F. The zero-order chi connectivity index (χ0) is 12.3. The molecule has 0 rings (SSSR count).